The van der Waals surface area contributed by atoms with Crippen molar-refractivity contribution in [3.63, 3.8) is 0 Å². The number of aromatic nitrogens is 2. The van der Waals surface area contributed by atoms with Crippen molar-refractivity contribution < 1.29 is 22.4 Å². The molecule has 4 bridgehead atoms. The van der Waals surface area contributed by atoms with Crippen LogP contribution in [0.15, 0.2) is 60.8 Å². The zero-order valence-corrected chi connectivity index (χ0v) is 25.3. The van der Waals surface area contributed by atoms with Gasteiger partial charge in [0.1, 0.15) is 5.67 Å². The first-order chi connectivity index (χ1) is 20.9. The third-order valence-electron chi connectivity index (χ3n) is 11.2. The number of amides is 1. The fourth-order valence-corrected chi connectivity index (χ4v) is 9.51. The SMILES string of the molecule is Cc1nc2ccc(-c3cccc(N(CC45CCC(c6cc(C(F)(F)F)ccn6)(CC4)CC5)C(=O)C45CC(F)(C4)C5)c3)cc2s1. The maximum atomic E-state index is 14.6. The van der Waals surface area contributed by atoms with Crippen LogP contribution in [-0.2, 0) is 16.4 Å². The van der Waals surface area contributed by atoms with Gasteiger partial charge in [0.25, 0.3) is 0 Å². The van der Waals surface area contributed by atoms with Gasteiger partial charge >= 0.3 is 6.18 Å². The van der Waals surface area contributed by atoms with E-state index < -0.39 is 22.8 Å². The van der Waals surface area contributed by atoms with E-state index in [1.54, 1.807) is 11.3 Å². The van der Waals surface area contributed by atoms with E-state index in [-0.39, 0.29) is 16.7 Å². The molecule has 4 nitrogen and oxygen atoms in total. The van der Waals surface area contributed by atoms with E-state index in [4.69, 9.17) is 0 Å². The minimum atomic E-state index is -4.40. The molecular weight excluding hydrogens is 586 g/mol. The van der Waals surface area contributed by atoms with Crippen LogP contribution in [0.5, 0.6) is 0 Å². The summed E-state index contributed by atoms with van der Waals surface area (Å²) in [6, 6.07) is 16.6. The second kappa shape index (κ2) is 9.35. The maximum absolute atomic E-state index is 14.6. The molecule has 6 aliphatic rings. The smallest absolute Gasteiger partial charge is 0.311 e. The Labute approximate surface area is 257 Å². The van der Waals surface area contributed by atoms with Crippen molar-refractivity contribution in [3.05, 3.63) is 77.1 Å². The highest BCUT2D eigenvalue weighted by atomic mass is 32.1. The minimum absolute atomic E-state index is 0.0130. The molecule has 0 saturated heterocycles. The number of anilines is 1. The standard InChI is InChI=1S/C35H33F4N3OS/c1-22-41-27-6-5-24(16-28(27)44-22)23-3-2-4-26(15-23)42(30(43)33-18-34(36,19-33)20-33)21-31-8-11-32(12-9-31,13-10-31)29-17-25(7-14-40-29)35(37,38)39/h2-7,14-17H,8-13,18-21H2,1H3. The molecule has 0 radical (unpaired) electrons. The summed E-state index contributed by atoms with van der Waals surface area (Å²) in [6.07, 6.45) is 2.47. The predicted octanol–water partition coefficient (Wildman–Crippen LogP) is 9.20. The summed E-state index contributed by atoms with van der Waals surface area (Å²) in [5.74, 6) is 0.0130. The van der Waals surface area contributed by atoms with Crippen LogP contribution in [0.25, 0.3) is 21.3 Å². The van der Waals surface area contributed by atoms with Gasteiger partial charge in [-0.25, -0.2) is 9.37 Å². The minimum Gasteiger partial charge on any atom is -0.311 e. The maximum Gasteiger partial charge on any atom is 0.416 e. The monoisotopic (exact) mass is 619 g/mol. The van der Waals surface area contributed by atoms with E-state index in [0.29, 0.717) is 31.5 Å². The molecule has 0 aliphatic heterocycles. The number of aryl methyl sites for hydroxylation is 1. The number of hydrogen-bond donors (Lipinski definition) is 0. The van der Waals surface area contributed by atoms with Crippen molar-refractivity contribution in [2.75, 3.05) is 11.4 Å². The van der Waals surface area contributed by atoms with Gasteiger partial charge in [0.15, 0.2) is 0 Å². The number of pyridine rings is 1. The number of rotatable bonds is 6. The predicted molar refractivity (Wildman–Crippen MR) is 163 cm³/mol. The number of halogens is 4. The normalized spacial score (nSPS) is 30.6. The van der Waals surface area contributed by atoms with E-state index >= 15 is 0 Å². The number of carbonyl (C=O) groups excluding carboxylic acids is 1. The fourth-order valence-electron chi connectivity index (χ4n) is 8.65. The van der Waals surface area contributed by atoms with Crippen LogP contribution < -0.4 is 4.90 Å². The molecule has 2 aromatic carbocycles. The average Bonchev–Trinajstić information content (AvgIpc) is 3.37. The van der Waals surface area contributed by atoms with Crippen LogP contribution in [0.3, 0.4) is 0 Å². The lowest BCUT2D eigenvalue weighted by Gasteiger charge is -2.65. The summed E-state index contributed by atoms with van der Waals surface area (Å²) in [5.41, 5.74) is 1.45. The van der Waals surface area contributed by atoms with Crippen molar-refractivity contribution in [3.8, 4) is 11.1 Å². The van der Waals surface area contributed by atoms with Gasteiger partial charge in [-0.05, 0) is 118 Å². The zero-order valence-electron chi connectivity index (χ0n) is 24.5. The highest BCUT2D eigenvalue weighted by molar-refractivity contribution is 7.18. The molecule has 2 heterocycles. The summed E-state index contributed by atoms with van der Waals surface area (Å²) >= 11 is 1.65. The molecule has 0 unspecified atom stereocenters. The van der Waals surface area contributed by atoms with Gasteiger partial charge in [0.2, 0.25) is 5.91 Å². The van der Waals surface area contributed by atoms with Crippen LogP contribution in [0.4, 0.5) is 23.2 Å². The molecule has 6 fully saturated rings. The lowest BCUT2D eigenvalue weighted by atomic mass is 9.41. The van der Waals surface area contributed by atoms with E-state index in [2.05, 4.69) is 34.2 Å². The Morgan fingerprint density at radius 3 is 2.32 bits per heavy atom. The second-order valence-corrected chi connectivity index (χ2v) is 15.3. The van der Waals surface area contributed by atoms with Gasteiger partial charge in [-0.3, -0.25) is 9.78 Å². The van der Waals surface area contributed by atoms with Crippen molar-refractivity contribution in [2.24, 2.45) is 10.8 Å². The van der Waals surface area contributed by atoms with Crippen LogP contribution >= 0.6 is 11.3 Å². The van der Waals surface area contributed by atoms with Crippen LogP contribution in [0.2, 0.25) is 0 Å². The number of fused-ring (bicyclic) bond motifs is 4. The number of alkyl halides is 4. The molecule has 6 saturated carbocycles. The first-order valence-electron chi connectivity index (χ1n) is 15.4. The first kappa shape index (κ1) is 28.2. The lowest BCUT2D eigenvalue weighted by Crippen LogP contribution is -2.71. The van der Waals surface area contributed by atoms with E-state index in [1.807, 2.05) is 30.0 Å². The number of nitrogens with zero attached hydrogens (tertiary/aromatic N) is 3. The third kappa shape index (κ3) is 4.40. The molecule has 9 heteroatoms. The van der Waals surface area contributed by atoms with Gasteiger partial charge in [-0.1, -0.05) is 18.2 Å². The Morgan fingerprint density at radius 1 is 0.932 bits per heavy atom. The lowest BCUT2D eigenvalue weighted by molar-refractivity contribution is -0.211. The molecular formula is C35H33F4N3OS. The van der Waals surface area contributed by atoms with Crippen molar-refractivity contribution in [1.82, 2.24) is 9.97 Å². The Bertz CT molecular complexity index is 1770. The number of benzene rings is 2. The highest BCUT2D eigenvalue weighted by Crippen LogP contribution is 2.70. The third-order valence-corrected chi connectivity index (χ3v) is 12.1. The van der Waals surface area contributed by atoms with E-state index in [1.165, 1.54) is 12.3 Å². The molecule has 0 atom stereocenters. The van der Waals surface area contributed by atoms with Crippen molar-refractivity contribution >= 4 is 33.1 Å². The quantitative estimate of drug-likeness (QED) is 0.202. The van der Waals surface area contributed by atoms with Crippen LogP contribution in [-0.4, -0.2) is 28.1 Å². The van der Waals surface area contributed by atoms with Crippen molar-refractivity contribution in [1.29, 1.82) is 0 Å². The molecule has 10 rings (SSSR count). The molecule has 44 heavy (non-hydrogen) atoms. The Kier molecular flexibility index (Phi) is 5.98. The Morgan fingerprint density at radius 2 is 1.64 bits per heavy atom. The molecule has 0 N–H and O–H groups in total. The number of hydrogen-bond acceptors (Lipinski definition) is 4. The van der Waals surface area contributed by atoms with E-state index in [0.717, 1.165) is 76.6 Å². The largest absolute Gasteiger partial charge is 0.416 e. The Balaban J connectivity index is 1.09. The van der Waals surface area contributed by atoms with Crippen LogP contribution in [0.1, 0.15) is 74.1 Å². The molecule has 2 aromatic heterocycles. The summed E-state index contributed by atoms with van der Waals surface area (Å²) < 4.78 is 56.2. The zero-order chi connectivity index (χ0) is 30.5. The summed E-state index contributed by atoms with van der Waals surface area (Å²) in [5, 5.41) is 1.01. The second-order valence-electron chi connectivity index (χ2n) is 14.0. The molecule has 228 valence electrons. The van der Waals surface area contributed by atoms with Crippen LogP contribution in [0, 0.1) is 17.8 Å². The highest BCUT2D eigenvalue weighted by Gasteiger charge is 2.73. The number of thiazole rings is 1. The topological polar surface area (TPSA) is 46.1 Å². The summed E-state index contributed by atoms with van der Waals surface area (Å²) in [4.78, 5) is 25.2. The Hall–Kier alpha value is -3.33. The number of carbonyl (C=O) groups is 1. The average molecular weight is 620 g/mol. The van der Waals surface area contributed by atoms with Gasteiger partial charge in [0.05, 0.1) is 26.2 Å². The summed E-state index contributed by atoms with van der Waals surface area (Å²) in [7, 11) is 0. The van der Waals surface area contributed by atoms with Gasteiger partial charge in [-0.2, -0.15) is 13.2 Å². The fraction of sp³-hybridized carbons (Fsp3) is 0.457. The molecule has 6 aliphatic carbocycles. The van der Waals surface area contributed by atoms with Crippen molar-refractivity contribution in [2.45, 2.75) is 82.0 Å². The molecule has 4 aromatic rings. The van der Waals surface area contributed by atoms with E-state index in [9.17, 15) is 22.4 Å². The first-order valence-corrected chi connectivity index (χ1v) is 16.2. The molecule has 0 spiro atoms. The van der Waals surface area contributed by atoms with Gasteiger partial charge in [-0.15, -0.1) is 11.3 Å². The van der Waals surface area contributed by atoms with Gasteiger partial charge in [0, 0.05) is 29.5 Å². The summed E-state index contributed by atoms with van der Waals surface area (Å²) in [6.45, 7) is 2.53. The molecule has 1 amide bonds. The van der Waals surface area contributed by atoms with Gasteiger partial charge < -0.3 is 4.90 Å².